The van der Waals surface area contributed by atoms with E-state index in [1.165, 1.54) is 12.1 Å². The van der Waals surface area contributed by atoms with Crippen molar-refractivity contribution in [3.8, 4) is 0 Å². The van der Waals surface area contributed by atoms with Crippen LogP contribution in [0.15, 0.2) is 23.2 Å². The van der Waals surface area contributed by atoms with Crippen LogP contribution in [0.5, 0.6) is 0 Å². The lowest BCUT2D eigenvalue weighted by Crippen LogP contribution is -2.44. The highest BCUT2D eigenvalue weighted by molar-refractivity contribution is 5.97. The van der Waals surface area contributed by atoms with E-state index in [4.69, 9.17) is 5.84 Å². The smallest absolute Gasteiger partial charge is 0.212 e. The summed E-state index contributed by atoms with van der Waals surface area (Å²) in [6, 6.07) is 4.78. The molecule has 80 valence electrons. The molecule has 2 rings (SSSR count). The minimum absolute atomic E-state index is 0.242. The van der Waals surface area contributed by atoms with Gasteiger partial charge in [-0.1, -0.05) is 6.07 Å². The zero-order chi connectivity index (χ0) is 10.8. The number of rotatable bonds is 0. The number of hydrazine groups is 1. The second kappa shape index (κ2) is 3.86. The molecule has 0 saturated carbocycles. The average molecular weight is 208 g/mol. The number of benzene rings is 1. The minimum Gasteiger partial charge on any atom is -0.311 e. The molecule has 4 nitrogen and oxygen atoms in total. The largest absolute Gasteiger partial charge is 0.311 e. The van der Waals surface area contributed by atoms with E-state index in [1.54, 1.807) is 13.1 Å². The van der Waals surface area contributed by atoms with Gasteiger partial charge in [0.1, 0.15) is 5.82 Å². The third kappa shape index (κ3) is 1.66. The van der Waals surface area contributed by atoms with Gasteiger partial charge in [0, 0.05) is 19.3 Å². The number of hydrogen-bond donors (Lipinski definition) is 2. The molecule has 1 aromatic rings. The van der Waals surface area contributed by atoms with Crippen molar-refractivity contribution in [1.82, 2.24) is 5.43 Å². The monoisotopic (exact) mass is 208 g/mol. The van der Waals surface area contributed by atoms with Crippen molar-refractivity contribution < 1.29 is 4.39 Å². The predicted molar refractivity (Wildman–Crippen MR) is 58.1 cm³/mol. The molecule has 0 fully saturated rings. The van der Waals surface area contributed by atoms with Gasteiger partial charge in [-0.15, -0.1) is 0 Å². The van der Waals surface area contributed by atoms with Crippen molar-refractivity contribution in [3.05, 3.63) is 29.6 Å². The molecule has 1 aromatic carbocycles. The van der Waals surface area contributed by atoms with Gasteiger partial charge in [0.05, 0.1) is 0 Å². The van der Waals surface area contributed by atoms with Crippen LogP contribution in [0.25, 0.3) is 0 Å². The second-order valence-electron chi connectivity index (χ2n) is 3.37. The summed E-state index contributed by atoms with van der Waals surface area (Å²) in [4.78, 5) is 5.87. The molecular weight excluding hydrogens is 195 g/mol. The number of nitrogens with zero attached hydrogens (tertiary/aromatic N) is 2. The first kappa shape index (κ1) is 9.92. The molecular formula is C10H13FN4. The highest BCUT2D eigenvalue weighted by Crippen LogP contribution is 2.28. The maximum absolute atomic E-state index is 13.1. The van der Waals surface area contributed by atoms with Crippen LogP contribution in [-0.2, 0) is 6.42 Å². The van der Waals surface area contributed by atoms with Crippen LogP contribution in [0, 0.1) is 5.82 Å². The van der Waals surface area contributed by atoms with Gasteiger partial charge in [-0.25, -0.2) is 10.2 Å². The number of anilines is 1. The fraction of sp³-hybridized carbons (Fsp3) is 0.300. The first-order valence-corrected chi connectivity index (χ1v) is 4.75. The summed E-state index contributed by atoms with van der Waals surface area (Å²) in [7, 11) is 1.65. The molecule has 0 amide bonds. The van der Waals surface area contributed by atoms with Crippen molar-refractivity contribution in [1.29, 1.82) is 0 Å². The number of halogens is 1. The molecule has 0 aliphatic carbocycles. The van der Waals surface area contributed by atoms with Crippen molar-refractivity contribution in [2.75, 3.05) is 18.5 Å². The first-order valence-electron chi connectivity index (χ1n) is 4.75. The number of fused-ring (bicyclic) bond motifs is 1. The van der Waals surface area contributed by atoms with Crippen LogP contribution >= 0.6 is 0 Å². The van der Waals surface area contributed by atoms with Gasteiger partial charge in [0.2, 0.25) is 5.96 Å². The molecule has 15 heavy (non-hydrogen) atoms. The second-order valence-corrected chi connectivity index (χ2v) is 3.37. The van der Waals surface area contributed by atoms with Crippen molar-refractivity contribution in [2.24, 2.45) is 10.8 Å². The number of aliphatic imine (C=N–C) groups is 1. The van der Waals surface area contributed by atoms with E-state index < -0.39 is 0 Å². The minimum atomic E-state index is -0.242. The molecule has 3 N–H and O–H groups in total. The highest BCUT2D eigenvalue weighted by Gasteiger charge is 2.22. The lowest BCUT2D eigenvalue weighted by Gasteiger charge is -2.20. The van der Waals surface area contributed by atoms with Gasteiger partial charge >= 0.3 is 0 Å². The number of hydrogen-bond acceptors (Lipinski definition) is 2. The Kier molecular flexibility index (Phi) is 2.55. The van der Waals surface area contributed by atoms with E-state index in [9.17, 15) is 4.39 Å². The summed E-state index contributed by atoms with van der Waals surface area (Å²) < 4.78 is 13.1. The molecule has 0 bridgehead atoms. The Balaban J connectivity index is 2.39. The maximum atomic E-state index is 13.1. The van der Waals surface area contributed by atoms with E-state index in [2.05, 4.69) is 10.4 Å². The summed E-state index contributed by atoms with van der Waals surface area (Å²) in [5, 5.41) is 0. The lowest BCUT2D eigenvalue weighted by molar-refractivity contribution is 0.628. The average Bonchev–Trinajstić information content (AvgIpc) is 2.64. The fourth-order valence-electron chi connectivity index (χ4n) is 1.84. The molecule has 0 spiro atoms. The number of nitrogens with one attached hydrogen (secondary N) is 1. The van der Waals surface area contributed by atoms with Crippen molar-refractivity contribution in [2.45, 2.75) is 6.42 Å². The Morgan fingerprint density at radius 2 is 2.40 bits per heavy atom. The van der Waals surface area contributed by atoms with Crippen LogP contribution in [0.4, 0.5) is 10.1 Å². The van der Waals surface area contributed by atoms with Crippen LogP contribution < -0.4 is 16.2 Å². The van der Waals surface area contributed by atoms with Crippen LogP contribution in [0.1, 0.15) is 5.56 Å². The molecule has 0 saturated heterocycles. The van der Waals surface area contributed by atoms with Gasteiger partial charge in [-0.2, -0.15) is 0 Å². The summed E-state index contributed by atoms with van der Waals surface area (Å²) in [5.74, 6) is 5.65. The van der Waals surface area contributed by atoms with Gasteiger partial charge in [-0.3, -0.25) is 10.4 Å². The van der Waals surface area contributed by atoms with E-state index >= 15 is 0 Å². The summed E-state index contributed by atoms with van der Waals surface area (Å²) in [5.41, 5.74) is 4.47. The Labute approximate surface area is 87.6 Å². The normalized spacial score (nSPS) is 15.4. The van der Waals surface area contributed by atoms with Crippen LogP contribution in [-0.4, -0.2) is 19.6 Å². The van der Waals surface area contributed by atoms with Gasteiger partial charge in [0.15, 0.2) is 0 Å². The Bertz CT molecular complexity index is 402. The van der Waals surface area contributed by atoms with E-state index in [0.717, 1.165) is 24.2 Å². The number of nitrogens with two attached hydrogens (primary N) is 1. The third-order valence-electron chi connectivity index (χ3n) is 2.54. The Morgan fingerprint density at radius 1 is 1.60 bits per heavy atom. The fourth-order valence-corrected chi connectivity index (χ4v) is 1.84. The standard InChI is InChI=1S/C10H13FN4/c1-13-10(14-12)15-5-4-7-2-3-8(11)6-9(7)15/h2-3,6H,4-5,12H2,1H3,(H,13,14). The summed E-state index contributed by atoms with van der Waals surface area (Å²) in [6.07, 6.45) is 0.885. The molecule has 0 atom stereocenters. The topological polar surface area (TPSA) is 53.6 Å². The van der Waals surface area contributed by atoms with Gasteiger partial charge in [0.25, 0.3) is 0 Å². The molecule has 0 aromatic heterocycles. The zero-order valence-electron chi connectivity index (χ0n) is 8.50. The van der Waals surface area contributed by atoms with Crippen molar-refractivity contribution in [3.63, 3.8) is 0 Å². The summed E-state index contributed by atoms with van der Waals surface area (Å²) >= 11 is 0. The SMILES string of the molecule is CN=C(NN)N1CCc2ccc(F)cc21. The number of guanidine groups is 1. The Hall–Kier alpha value is -1.62. The first-order chi connectivity index (χ1) is 7.26. The molecule has 1 aliphatic heterocycles. The highest BCUT2D eigenvalue weighted by atomic mass is 19.1. The quantitative estimate of drug-likeness (QED) is 0.285. The van der Waals surface area contributed by atoms with Gasteiger partial charge < -0.3 is 4.90 Å². The molecule has 5 heteroatoms. The van der Waals surface area contributed by atoms with Crippen LogP contribution in [0.3, 0.4) is 0 Å². The molecule has 0 radical (unpaired) electrons. The van der Waals surface area contributed by atoms with Gasteiger partial charge in [-0.05, 0) is 24.1 Å². The predicted octanol–water partition coefficient (Wildman–Crippen LogP) is 0.637. The molecule has 0 unspecified atom stereocenters. The van der Waals surface area contributed by atoms with E-state index in [0.29, 0.717) is 5.96 Å². The molecule has 1 aliphatic rings. The third-order valence-corrected chi connectivity index (χ3v) is 2.54. The van der Waals surface area contributed by atoms with E-state index in [1.807, 2.05) is 4.90 Å². The van der Waals surface area contributed by atoms with Crippen molar-refractivity contribution >= 4 is 11.6 Å². The van der Waals surface area contributed by atoms with Crippen LogP contribution in [0.2, 0.25) is 0 Å². The zero-order valence-corrected chi connectivity index (χ0v) is 8.50. The lowest BCUT2D eigenvalue weighted by atomic mass is 10.2. The summed E-state index contributed by atoms with van der Waals surface area (Å²) in [6.45, 7) is 0.773. The Morgan fingerprint density at radius 3 is 3.07 bits per heavy atom. The maximum Gasteiger partial charge on any atom is 0.212 e. The molecule has 1 heterocycles. The van der Waals surface area contributed by atoms with E-state index in [-0.39, 0.29) is 5.82 Å².